The number of hydrogen-bond acceptors (Lipinski definition) is 3. The Morgan fingerprint density at radius 1 is 1.26 bits per heavy atom. The summed E-state index contributed by atoms with van der Waals surface area (Å²) < 4.78 is 11.7. The summed E-state index contributed by atoms with van der Waals surface area (Å²) >= 11 is 0. The van der Waals surface area contributed by atoms with E-state index < -0.39 is 6.10 Å². The van der Waals surface area contributed by atoms with E-state index >= 15 is 0 Å². The highest BCUT2D eigenvalue weighted by Crippen LogP contribution is 2.28. The Balaban J connectivity index is 1.85. The Bertz CT molecular complexity index is 377. The molecular formula is C16H24O3. The Labute approximate surface area is 115 Å². The van der Waals surface area contributed by atoms with Crippen molar-refractivity contribution in [3.05, 3.63) is 35.9 Å². The van der Waals surface area contributed by atoms with Gasteiger partial charge in [0, 0.05) is 6.42 Å². The summed E-state index contributed by atoms with van der Waals surface area (Å²) in [7, 11) is 0. The predicted molar refractivity (Wildman–Crippen MR) is 74.8 cm³/mol. The molecule has 19 heavy (non-hydrogen) atoms. The molecule has 1 heterocycles. The number of hydrogen-bond donors (Lipinski definition) is 1. The smallest absolute Gasteiger partial charge is 0.110 e. The fourth-order valence-electron chi connectivity index (χ4n) is 2.47. The molecule has 0 unspecified atom stereocenters. The van der Waals surface area contributed by atoms with E-state index in [2.05, 4.69) is 13.8 Å². The molecule has 0 radical (unpaired) electrons. The lowest BCUT2D eigenvalue weighted by Crippen LogP contribution is -2.34. The van der Waals surface area contributed by atoms with E-state index in [0.29, 0.717) is 18.9 Å². The van der Waals surface area contributed by atoms with Crippen molar-refractivity contribution >= 4 is 0 Å². The Morgan fingerprint density at radius 2 is 1.95 bits per heavy atom. The van der Waals surface area contributed by atoms with E-state index in [9.17, 15) is 5.11 Å². The van der Waals surface area contributed by atoms with Crippen LogP contribution in [-0.4, -0.2) is 29.5 Å². The Hall–Kier alpha value is -0.900. The van der Waals surface area contributed by atoms with Gasteiger partial charge in [0.25, 0.3) is 0 Å². The number of aliphatic hydroxyl groups excluding tert-OH is 1. The second kappa shape index (κ2) is 6.51. The van der Waals surface area contributed by atoms with Gasteiger partial charge in [0.15, 0.2) is 0 Å². The zero-order valence-electron chi connectivity index (χ0n) is 12.0. The molecule has 3 heteroatoms. The molecule has 1 aliphatic heterocycles. The first-order valence-corrected chi connectivity index (χ1v) is 7.07. The van der Waals surface area contributed by atoms with Crippen LogP contribution < -0.4 is 0 Å². The van der Waals surface area contributed by atoms with Crippen molar-refractivity contribution in [2.75, 3.05) is 0 Å². The second-order valence-corrected chi connectivity index (χ2v) is 5.69. The molecule has 106 valence electrons. The van der Waals surface area contributed by atoms with Gasteiger partial charge in [0.05, 0.1) is 24.9 Å². The van der Waals surface area contributed by atoms with Gasteiger partial charge in [-0.25, -0.2) is 0 Å². The van der Waals surface area contributed by atoms with Crippen LogP contribution in [0.15, 0.2) is 30.3 Å². The molecule has 0 aromatic heterocycles. The van der Waals surface area contributed by atoms with Gasteiger partial charge in [-0.15, -0.1) is 0 Å². The third-order valence-electron chi connectivity index (χ3n) is 3.75. The van der Waals surface area contributed by atoms with Crippen LogP contribution in [0, 0.1) is 5.92 Å². The molecular weight excluding hydrogens is 240 g/mol. The van der Waals surface area contributed by atoms with Crippen LogP contribution in [-0.2, 0) is 16.1 Å². The molecule has 4 atom stereocenters. The highest BCUT2D eigenvalue weighted by Gasteiger charge is 2.38. The Kier molecular flexibility index (Phi) is 4.97. The normalized spacial score (nSPS) is 28.8. The third kappa shape index (κ3) is 3.78. The van der Waals surface area contributed by atoms with E-state index in [1.165, 1.54) is 0 Å². The molecule has 1 saturated heterocycles. The zero-order chi connectivity index (χ0) is 13.8. The van der Waals surface area contributed by atoms with Crippen LogP contribution in [0.25, 0.3) is 0 Å². The highest BCUT2D eigenvalue weighted by molar-refractivity contribution is 5.13. The summed E-state index contributed by atoms with van der Waals surface area (Å²) in [6, 6.07) is 10.1. The van der Waals surface area contributed by atoms with E-state index in [1.807, 2.05) is 37.3 Å². The van der Waals surface area contributed by atoms with Gasteiger partial charge in [-0.1, -0.05) is 44.2 Å². The van der Waals surface area contributed by atoms with Gasteiger partial charge in [0.1, 0.15) is 6.10 Å². The molecule has 0 amide bonds. The maximum atomic E-state index is 10.1. The minimum absolute atomic E-state index is 0.0982. The van der Waals surface area contributed by atoms with Crippen LogP contribution in [0.1, 0.15) is 32.8 Å². The monoisotopic (exact) mass is 264 g/mol. The second-order valence-electron chi connectivity index (χ2n) is 5.69. The minimum atomic E-state index is -0.418. The average molecular weight is 264 g/mol. The van der Waals surface area contributed by atoms with Crippen molar-refractivity contribution in [3.63, 3.8) is 0 Å². The summed E-state index contributed by atoms with van der Waals surface area (Å²) in [5.74, 6) is 0.431. The van der Waals surface area contributed by atoms with E-state index in [4.69, 9.17) is 9.47 Å². The molecule has 1 N–H and O–H groups in total. The predicted octanol–water partition coefficient (Wildman–Crippen LogP) is 2.77. The first-order chi connectivity index (χ1) is 9.08. The van der Waals surface area contributed by atoms with Crippen LogP contribution >= 0.6 is 0 Å². The van der Waals surface area contributed by atoms with Crippen molar-refractivity contribution in [3.8, 4) is 0 Å². The van der Waals surface area contributed by atoms with Crippen molar-refractivity contribution in [1.29, 1.82) is 0 Å². The summed E-state index contributed by atoms with van der Waals surface area (Å²) in [6.45, 7) is 6.77. The largest absolute Gasteiger partial charge is 0.390 e. The van der Waals surface area contributed by atoms with Gasteiger partial charge in [-0.2, -0.15) is 0 Å². The average Bonchev–Trinajstić information content (AvgIpc) is 2.80. The molecule has 0 aliphatic carbocycles. The molecule has 1 fully saturated rings. The van der Waals surface area contributed by atoms with Gasteiger partial charge in [-0.05, 0) is 18.4 Å². The molecule has 0 bridgehead atoms. The number of rotatable bonds is 5. The van der Waals surface area contributed by atoms with Crippen molar-refractivity contribution in [2.45, 2.75) is 58.2 Å². The van der Waals surface area contributed by atoms with E-state index in [-0.39, 0.29) is 18.3 Å². The van der Waals surface area contributed by atoms with Gasteiger partial charge >= 0.3 is 0 Å². The minimum Gasteiger partial charge on any atom is -0.390 e. The number of ether oxygens (including phenoxy) is 2. The summed E-state index contributed by atoms with van der Waals surface area (Å²) in [5.41, 5.74) is 1.14. The lowest BCUT2D eigenvalue weighted by molar-refractivity contribution is -0.0978. The fraction of sp³-hybridized carbons (Fsp3) is 0.625. The third-order valence-corrected chi connectivity index (χ3v) is 3.75. The van der Waals surface area contributed by atoms with Crippen molar-refractivity contribution < 1.29 is 14.6 Å². The molecule has 1 aromatic rings. The zero-order valence-corrected chi connectivity index (χ0v) is 12.0. The highest BCUT2D eigenvalue weighted by atomic mass is 16.6. The van der Waals surface area contributed by atoms with E-state index in [0.717, 1.165) is 5.56 Å². The van der Waals surface area contributed by atoms with Crippen LogP contribution in [0.5, 0.6) is 0 Å². The first-order valence-electron chi connectivity index (χ1n) is 7.07. The summed E-state index contributed by atoms with van der Waals surface area (Å²) in [6.07, 6.45) is 0.123. The van der Waals surface area contributed by atoms with Gasteiger partial charge < -0.3 is 14.6 Å². The van der Waals surface area contributed by atoms with Crippen molar-refractivity contribution in [2.24, 2.45) is 5.92 Å². The van der Waals surface area contributed by atoms with Crippen LogP contribution in [0.4, 0.5) is 0 Å². The molecule has 2 rings (SSSR count). The number of benzene rings is 1. The first kappa shape index (κ1) is 14.5. The molecule has 0 spiro atoms. The summed E-state index contributed by atoms with van der Waals surface area (Å²) in [4.78, 5) is 0. The topological polar surface area (TPSA) is 38.7 Å². The standard InChI is InChI=1S/C16H24O3/c1-11(2)15-9-14(17)16(19-15)12(3)18-10-13-7-5-4-6-8-13/h4-8,11-12,14-17H,9-10H2,1-3H3/t12-,14+,15-,16-/m0/s1. The van der Waals surface area contributed by atoms with Crippen LogP contribution in [0.2, 0.25) is 0 Å². The molecule has 3 nitrogen and oxygen atoms in total. The lowest BCUT2D eigenvalue weighted by Gasteiger charge is -2.23. The molecule has 1 aliphatic rings. The van der Waals surface area contributed by atoms with Crippen molar-refractivity contribution in [1.82, 2.24) is 0 Å². The Morgan fingerprint density at radius 3 is 2.53 bits per heavy atom. The summed E-state index contributed by atoms with van der Waals surface area (Å²) in [5, 5.41) is 10.1. The van der Waals surface area contributed by atoms with Gasteiger partial charge in [-0.3, -0.25) is 0 Å². The molecule has 1 aromatic carbocycles. The van der Waals surface area contributed by atoms with E-state index in [1.54, 1.807) is 0 Å². The maximum absolute atomic E-state index is 10.1. The molecule has 0 saturated carbocycles. The quantitative estimate of drug-likeness (QED) is 0.888. The SMILES string of the molecule is CC(C)[C@@H]1C[C@@H](O)[C@H]([C@H](C)OCc2ccccc2)O1. The fourth-order valence-corrected chi connectivity index (χ4v) is 2.47. The maximum Gasteiger partial charge on any atom is 0.110 e. The van der Waals surface area contributed by atoms with Gasteiger partial charge in [0.2, 0.25) is 0 Å². The van der Waals surface area contributed by atoms with Crippen LogP contribution in [0.3, 0.4) is 0 Å². The lowest BCUT2D eigenvalue weighted by atomic mass is 10.0. The number of aliphatic hydroxyl groups is 1.